The van der Waals surface area contributed by atoms with Crippen molar-refractivity contribution in [3.05, 3.63) is 64.7 Å². The van der Waals surface area contributed by atoms with Crippen molar-refractivity contribution in [2.75, 3.05) is 24.3 Å². The fraction of sp³-hybridized carbons (Fsp3) is 0.318. The smallest absolute Gasteiger partial charge is 0.224 e. The van der Waals surface area contributed by atoms with Crippen LogP contribution in [-0.4, -0.2) is 19.6 Å². The summed E-state index contributed by atoms with van der Waals surface area (Å²) in [6.45, 7) is 3.51. The minimum absolute atomic E-state index is 0.109. The van der Waals surface area contributed by atoms with Crippen LogP contribution in [0.5, 0.6) is 0 Å². The van der Waals surface area contributed by atoms with Gasteiger partial charge in [-0.15, -0.1) is 0 Å². The molecule has 4 nitrogen and oxygen atoms in total. The van der Waals surface area contributed by atoms with Gasteiger partial charge in [0, 0.05) is 31.5 Å². The van der Waals surface area contributed by atoms with Gasteiger partial charge < -0.3 is 15.4 Å². The van der Waals surface area contributed by atoms with Crippen LogP contribution >= 0.6 is 0 Å². The monoisotopic (exact) mass is 350 g/mol. The number of benzene rings is 2. The van der Waals surface area contributed by atoms with E-state index in [1.54, 1.807) is 7.11 Å². The zero-order chi connectivity index (χ0) is 18.4. The fourth-order valence-corrected chi connectivity index (χ4v) is 3.20. The van der Waals surface area contributed by atoms with Gasteiger partial charge in [-0.1, -0.05) is 35.9 Å². The summed E-state index contributed by atoms with van der Waals surface area (Å²) in [5, 5.41) is 6.46. The summed E-state index contributed by atoms with van der Waals surface area (Å²) >= 11 is 0. The van der Waals surface area contributed by atoms with E-state index in [1.165, 1.54) is 22.3 Å². The van der Waals surface area contributed by atoms with Crippen molar-refractivity contribution >= 4 is 23.4 Å². The number of rotatable bonds is 6. The Morgan fingerprint density at radius 2 is 2.08 bits per heavy atom. The molecule has 0 aromatic heterocycles. The van der Waals surface area contributed by atoms with Crippen molar-refractivity contribution < 1.29 is 9.53 Å². The van der Waals surface area contributed by atoms with Gasteiger partial charge in [-0.05, 0) is 54.7 Å². The molecule has 0 unspecified atom stereocenters. The largest absolute Gasteiger partial charge is 0.381 e. The van der Waals surface area contributed by atoms with Crippen molar-refractivity contribution in [1.29, 1.82) is 0 Å². The number of ether oxygens (including phenoxy) is 1. The first-order chi connectivity index (χ1) is 12.7. The van der Waals surface area contributed by atoms with E-state index in [2.05, 4.69) is 41.8 Å². The molecule has 2 aromatic carbocycles. The molecule has 1 aliphatic heterocycles. The van der Waals surface area contributed by atoms with Crippen LogP contribution < -0.4 is 10.6 Å². The van der Waals surface area contributed by atoms with Crippen LogP contribution in [-0.2, 0) is 22.6 Å². The Morgan fingerprint density at radius 3 is 2.92 bits per heavy atom. The molecule has 2 N–H and O–H groups in total. The maximum absolute atomic E-state index is 11.7. The SMILES string of the molecule is COCc1ccccc1/C=C(\C)CNc1ccc2c(c1)CCCC(=O)N2. The predicted octanol–water partition coefficient (Wildman–Crippen LogP) is 4.62. The minimum atomic E-state index is 0.109. The standard InChI is InChI=1S/C22H26N2O2/c1-16(12-17-6-3-4-7-19(17)15-26-2)14-23-20-10-11-21-18(13-20)8-5-9-22(25)24-21/h3-4,6-7,10-13,23H,5,8-9,14-15H2,1-2H3,(H,24,25)/b16-12+. The van der Waals surface area contributed by atoms with Crippen LogP contribution in [0.15, 0.2) is 48.0 Å². The Hall–Kier alpha value is -2.59. The summed E-state index contributed by atoms with van der Waals surface area (Å²) in [5.41, 5.74) is 6.86. The molecule has 1 amide bonds. The lowest BCUT2D eigenvalue weighted by Crippen LogP contribution is -2.09. The molecule has 26 heavy (non-hydrogen) atoms. The number of carbonyl (C=O) groups is 1. The zero-order valence-electron chi connectivity index (χ0n) is 15.5. The molecule has 1 aliphatic rings. The Balaban J connectivity index is 1.67. The molecular formula is C22H26N2O2. The normalized spacial score (nSPS) is 14.4. The molecule has 0 saturated heterocycles. The van der Waals surface area contributed by atoms with E-state index in [0.717, 1.165) is 30.8 Å². The van der Waals surface area contributed by atoms with E-state index >= 15 is 0 Å². The first-order valence-electron chi connectivity index (χ1n) is 9.06. The van der Waals surface area contributed by atoms with Crippen molar-refractivity contribution in [3.8, 4) is 0 Å². The van der Waals surface area contributed by atoms with E-state index in [0.29, 0.717) is 13.0 Å². The predicted molar refractivity (Wildman–Crippen MR) is 107 cm³/mol. The Morgan fingerprint density at radius 1 is 1.23 bits per heavy atom. The first kappa shape index (κ1) is 18.2. The van der Waals surface area contributed by atoms with Crippen LogP contribution in [0.4, 0.5) is 11.4 Å². The van der Waals surface area contributed by atoms with Gasteiger partial charge in [0.2, 0.25) is 5.91 Å². The third-order valence-corrected chi connectivity index (χ3v) is 4.56. The van der Waals surface area contributed by atoms with Gasteiger partial charge in [0.05, 0.1) is 6.61 Å². The maximum atomic E-state index is 11.7. The minimum Gasteiger partial charge on any atom is -0.381 e. The molecule has 0 aliphatic carbocycles. The average molecular weight is 350 g/mol. The molecule has 0 fully saturated rings. The van der Waals surface area contributed by atoms with Crippen LogP contribution in [0.2, 0.25) is 0 Å². The Kier molecular flexibility index (Phi) is 6.08. The zero-order valence-corrected chi connectivity index (χ0v) is 15.5. The van der Waals surface area contributed by atoms with E-state index < -0.39 is 0 Å². The van der Waals surface area contributed by atoms with E-state index in [-0.39, 0.29) is 5.91 Å². The number of amides is 1. The van der Waals surface area contributed by atoms with Crippen LogP contribution in [0.25, 0.3) is 6.08 Å². The number of methoxy groups -OCH3 is 1. The molecule has 3 rings (SSSR count). The number of hydrogen-bond acceptors (Lipinski definition) is 3. The highest BCUT2D eigenvalue weighted by molar-refractivity contribution is 5.92. The second-order valence-electron chi connectivity index (χ2n) is 6.75. The Bertz CT molecular complexity index is 812. The number of nitrogens with one attached hydrogen (secondary N) is 2. The van der Waals surface area contributed by atoms with Crippen molar-refractivity contribution in [2.45, 2.75) is 32.8 Å². The first-order valence-corrected chi connectivity index (χ1v) is 9.06. The van der Waals surface area contributed by atoms with E-state index in [4.69, 9.17) is 4.74 Å². The number of carbonyl (C=O) groups excluding carboxylic acids is 1. The second kappa shape index (κ2) is 8.68. The van der Waals surface area contributed by atoms with Gasteiger partial charge in [-0.3, -0.25) is 4.79 Å². The van der Waals surface area contributed by atoms with Crippen LogP contribution in [0, 0.1) is 0 Å². The highest BCUT2D eigenvalue weighted by Crippen LogP contribution is 2.25. The summed E-state index contributed by atoms with van der Waals surface area (Å²) in [5.74, 6) is 0.109. The highest BCUT2D eigenvalue weighted by Gasteiger charge is 2.12. The Labute approximate surface area is 155 Å². The van der Waals surface area contributed by atoms with E-state index in [1.807, 2.05) is 24.3 Å². The molecule has 136 valence electrons. The van der Waals surface area contributed by atoms with Crippen molar-refractivity contribution in [2.24, 2.45) is 0 Å². The van der Waals surface area contributed by atoms with Gasteiger partial charge in [-0.25, -0.2) is 0 Å². The lowest BCUT2D eigenvalue weighted by Gasteiger charge is -2.12. The van der Waals surface area contributed by atoms with Crippen LogP contribution in [0.1, 0.15) is 36.5 Å². The molecule has 0 atom stereocenters. The summed E-state index contributed by atoms with van der Waals surface area (Å²) < 4.78 is 5.28. The molecule has 4 heteroatoms. The van der Waals surface area contributed by atoms with Crippen molar-refractivity contribution in [1.82, 2.24) is 0 Å². The molecular weight excluding hydrogens is 324 g/mol. The molecule has 0 spiro atoms. The van der Waals surface area contributed by atoms with Gasteiger partial charge >= 0.3 is 0 Å². The third-order valence-electron chi connectivity index (χ3n) is 4.56. The molecule has 0 bridgehead atoms. The quantitative estimate of drug-likeness (QED) is 0.799. The van der Waals surface area contributed by atoms with Crippen LogP contribution in [0.3, 0.4) is 0 Å². The summed E-state index contributed by atoms with van der Waals surface area (Å²) in [6, 6.07) is 14.5. The fourth-order valence-electron chi connectivity index (χ4n) is 3.20. The number of fused-ring (bicyclic) bond motifs is 1. The lowest BCUT2D eigenvalue weighted by atomic mass is 10.0. The summed E-state index contributed by atoms with van der Waals surface area (Å²) in [7, 11) is 1.72. The molecule has 1 heterocycles. The summed E-state index contributed by atoms with van der Waals surface area (Å²) in [4.78, 5) is 11.7. The maximum Gasteiger partial charge on any atom is 0.224 e. The number of anilines is 2. The average Bonchev–Trinajstić information content (AvgIpc) is 2.82. The topological polar surface area (TPSA) is 50.4 Å². The number of aryl methyl sites for hydroxylation is 1. The third kappa shape index (κ3) is 4.73. The molecule has 0 saturated carbocycles. The van der Waals surface area contributed by atoms with Gasteiger partial charge in [-0.2, -0.15) is 0 Å². The van der Waals surface area contributed by atoms with E-state index in [9.17, 15) is 4.79 Å². The van der Waals surface area contributed by atoms with Gasteiger partial charge in [0.25, 0.3) is 0 Å². The molecule has 0 radical (unpaired) electrons. The van der Waals surface area contributed by atoms with Gasteiger partial charge in [0.1, 0.15) is 0 Å². The lowest BCUT2D eigenvalue weighted by molar-refractivity contribution is -0.116. The number of hydrogen-bond donors (Lipinski definition) is 2. The molecule has 2 aromatic rings. The summed E-state index contributed by atoms with van der Waals surface area (Å²) in [6.07, 6.45) is 4.63. The highest BCUT2D eigenvalue weighted by atomic mass is 16.5. The van der Waals surface area contributed by atoms with Gasteiger partial charge in [0.15, 0.2) is 0 Å². The second-order valence-corrected chi connectivity index (χ2v) is 6.75. The van der Waals surface area contributed by atoms with Crippen molar-refractivity contribution in [3.63, 3.8) is 0 Å².